The average Bonchev–Trinajstić information content (AvgIpc) is 2.63. The zero-order valence-electron chi connectivity index (χ0n) is 14.5. The van der Waals surface area contributed by atoms with Crippen LogP contribution in [0.2, 0.25) is 0 Å². The molecule has 1 fully saturated rings. The number of rotatable bonds is 5. The van der Waals surface area contributed by atoms with Gasteiger partial charge in [0, 0.05) is 44.5 Å². The largest absolute Gasteiger partial charge is 0.396 e. The number of nitrogens with zero attached hydrogens (tertiary/aromatic N) is 5. The Kier molecular flexibility index (Phi) is 5.59. The lowest BCUT2D eigenvalue weighted by Gasteiger charge is -2.41. The number of aliphatic hydroxyl groups is 1. The van der Waals surface area contributed by atoms with Crippen LogP contribution >= 0.6 is 0 Å². The number of piperazine rings is 1. The first-order chi connectivity index (χ1) is 12.2. The van der Waals surface area contributed by atoms with Crippen molar-refractivity contribution in [2.24, 2.45) is 0 Å². The topological polar surface area (TPSA) is 76.3 Å². The highest BCUT2D eigenvalue weighted by Crippen LogP contribution is 2.20. The monoisotopic (exact) mass is 337 g/mol. The maximum absolute atomic E-state index is 9.47. The molecule has 1 atom stereocenters. The zero-order chi connectivity index (χ0) is 17.6. The van der Waals surface area contributed by atoms with Crippen molar-refractivity contribution in [3.8, 4) is 6.07 Å². The molecular formula is C19H23N5O. The third-order valence-corrected chi connectivity index (χ3v) is 4.55. The van der Waals surface area contributed by atoms with Gasteiger partial charge in [-0.1, -0.05) is 12.1 Å². The van der Waals surface area contributed by atoms with Gasteiger partial charge < -0.3 is 10.0 Å². The van der Waals surface area contributed by atoms with E-state index in [1.165, 1.54) is 0 Å². The Labute approximate surface area is 148 Å². The normalized spacial score (nSPS) is 18.1. The molecule has 0 amide bonds. The fourth-order valence-corrected chi connectivity index (χ4v) is 3.29. The van der Waals surface area contributed by atoms with Crippen LogP contribution in [0.15, 0.2) is 36.4 Å². The molecule has 3 heterocycles. The van der Waals surface area contributed by atoms with Crippen LogP contribution in [0, 0.1) is 18.3 Å². The lowest BCUT2D eigenvalue weighted by Crippen LogP contribution is -2.53. The molecule has 3 rings (SSSR count). The number of pyridine rings is 2. The Morgan fingerprint density at radius 1 is 1.20 bits per heavy atom. The van der Waals surface area contributed by atoms with Gasteiger partial charge in [0.15, 0.2) is 0 Å². The van der Waals surface area contributed by atoms with Crippen LogP contribution in [-0.4, -0.2) is 52.3 Å². The van der Waals surface area contributed by atoms with Crippen molar-refractivity contribution in [3.63, 3.8) is 0 Å². The third kappa shape index (κ3) is 4.32. The van der Waals surface area contributed by atoms with Crippen molar-refractivity contribution in [3.05, 3.63) is 53.5 Å². The lowest BCUT2D eigenvalue weighted by molar-refractivity contribution is 0.134. The molecule has 6 nitrogen and oxygen atoms in total. The molecule has 2 aromatic heterocycles. The Bertz CT molecular complexity index is 757. The van der Waals surface area contributed by atoms with E-state index < -0.39 is 0 Å². The number of aryl methyl sites for hydroxylation is 1. The number of aromatic nitrogens is 2. The van der Waals surface area contributed by atoms with Gasteiger partial charge in [-0.05, 0) is 37.6 Å². The van der Waals surface area contributed by atoms with Crippen molar-refractivity contribution in [1.82, 2.24) is 14.9 Å². The molecule has 0 bridgehead atoms. The van der Waals surface area contributed by atoms with E-state index in [-0.39, 0.29) is 12.6 Å². The SMILES string of the molecule is Cc1cccc(CN2CCN(c3cccc(C#N)n3)C[C@H]2CCO)n1. The maximum Gasteiger partial charge on any atom is 0.142 e. The number of nitriles is 1. The quantitative estimate of drug-likeness (QED) is 0.895. The highest BCUT2D eigenvalue weighted by Gasteiger charge is 2.27. The van der Waals surface area contributed by atoms with Crippen LogP contribution in [0.3, 0.4) is 0 Å². The molecule has 130 valence electrons. The van der Waals surface area contributed by atoms with E-state index in [0.29, 0.717) is 12.1 Å². The minimum atomic E-state index is 0.155. The maximum atomic E-state index is 9.47. The second-order valence-corrected chi connectivity index (χ2v) is 6.35. The van der Waals surface area contributed by atoms with Gasteiger partial charge in [0.1, 0.15) is 17.6 Å². The molecule has 1 aliphatic heterocycles. The summed E-state index contributed by atoms with van der Waals surface area (Å²) in [4.78, 5) is 13.6. The van der Waals surface area contributed by atoms with Crippen LogP contribution in [0.4, 0.5) is 5.82 Å². The fourth-order valence-electron chi connectivity index (χ4n) is 3.29. The highest BCUT2D eigenvalue weighted by atomic mass is 16.3. The van der Waals surface area contributed by atoms with Gasteiger partial charge in [-0.3, -0.25) is 9.88 Å². The molecule has 0 saturated carbocycles. The van der Waals surface area contributed by atoms with Crippen molar-refractivity contribution in [2.75, 3.05) is 31.1 Å². The standard InChI is InChI=1S/C19H23N5O/c1-15-4-2-6-17(21-15)13-23-9-10-24(14-18(23)8-11-25)19-7-3-5-16(12-20)22-19/h2-7,18,25H,8-11,13-14H2,1H3/t18-/m1/s1. The van der Waals surface area contributed by atoms with Gasteiger partial charge in [0.25, 0.3) is 0 Å². The zero-order valence-corrected chi connectivity index (χ0v) is 14.5. The fraction of sp³-hybridized carbons (Fsp3) is 0.421. The van der Waals surface area contributed by atoms with Crippen molar-refractivity contribution < 1.29 is 5.11 Å². The second kappa shape index (κ2) is 8.06. The molecular weight excluding hydrogens is 314 g/mol. The smallest absolute Gasteiger partial charge is 0.142 e. The highest BCUT2D eigenvalue weighted by molar-refractivity contribution is 5.42. The van der Waals surface area contributed by atoms with E-state index in [1.54, 1.807) is 6.07 Å². The summed E-state index contributed by atoms with van der Waals surface area (Å²) in [5.41, 5.74) is 2.51. The molecule has 2 aromatic rings. The predicted molar refractivity (Wildman–Crippen MR) is 96.0 cm³/mol. The van der Waals surface area contributed by atoms with Crippen LogP contribution in [0.5, 0.6) is 0 Å². The van der Waals surface area contributed by atoms with Gasteiger partial charge >= 0.3 is 0 Å². The Morgan fingerprint density at radius 3 is 2.80 bits per heavy atom. The molecule has 25 heavy (non-hydrogen) atoms. The van der Waals surface area contributed by atoms with E-state index >= 15 is 0 Å². The summed E-state index contributed by atoms with van der Waals surface area (Å²) in [6.07, 6.45) is 0.709. The van der Waals surface area contributed by atoms with Gasteiger partial charge in [0.2, 0.25) is 0 Å². The summed E-state index contributed by atoms with van der Waals surface area (Å²) >= 11 is 0. The third-order valence-electron chi connectivity index (χ3n) is 4.55. The van der Waals surface area contributed by atoms with Crippen molar-refractivity contribution >= 4 is 5.82 Å². The molecule has 1 saturated heterocycles. The number of hydrogen-bond donors (Lipinski definition) is 1. The summed E-state index contributed by atoms with van der Waals surface area (Å²) in [6.45, 7) is 5.44. The predicted octanol–water partition coefficient (Wildman–Crippen LogP) is 1.73. The molecule has 1 aliphatic rings. The van der Waals surface area contributed by atoms with Crippen LogP contribution < -0.4 is 4.90 Å². The molecule has 1 N–H and O–H groups in total. The Hall–Kier alpha value is -2.49. The van der Waals surface area contributed by atoms with Crippen molar-refractivity contribution in [2.45, 2.75) is 25.9 Å². The summed E-state index contributed by atoms with van der Waals surface area (Å²) in [5.74, 6) is 0.829. The molecule has 0 aliphatic carbocycles. The summed E-state index contributed by atoms with van der Waals surface area (Å²) < 4.78 is 0. The molecule has 0 unspecified atom stereocenters. The number of anilines is 1. The van der Waals surface area contributed by atoms with E-state index in [4.69, 9.17) is 5.26 Å². The van der Waals surface area contributed by atoms with Gasteiger partial charge in [0.05, 0.1) is 5.69 Å². The molecule has 6 heteroatoms. The van der Waals surface area contributed by atoms with Gasteiger partial charge in [-0.15, -0.1) is 0 Å². The Morgan fingerprint density at radius 2 is 2.04 bits per heavy atom. The second-order valence-electron chi connectivity index (χ2n) is 6.35. The lowest BCUT2D eigenvalue weighted by atomic mass is 10.1. The summed E-state index contributed by atoms with van der Waals surface area (Å²) in [7, 11) is 0. The van der Waals surface area contributed by atoms with E-state index in [2.05, 4.69) is 25.8 Å². The summed E-state index contributed by atoms with van der Waals surface area (Å²) in [5, 5.41) is 18.5. The average molecular weight is 337 g/mol. The van der Waals surface area contributed by atoms with Crippen LogP contribution in [0.25, 0.3) is 0 Å². The van der Waals surface area contributed by atoms with Crippen LogP contribution in [0.1, 0.15) is 23.5 Å². The minimum absolute atomic E-state index is 0.155. The molecule has 0 aromatic carbocycles. The first kappa shape index (κ1) is 17.3. The minimum Gasteiger partial charge on any atom is -0.396 e. The van der Waals surface area contributed by atoms with Crippen LogP contribution in [-0.2, 0) is 6.54 Å². The first-order valence-electron chi connectivity index (χ1n) is 8.59. The molecule has 0 spiro atoms. The van der Waals surface area contributed by atoms with E-state index in [9.17, 15) is 5.11 Å². The van der Waals surface area contributed by atoms with E-state index in [1.807, 2.05) is 37.3 Å². The number of aliphatic hydroxyl groups excluding tert-OH is 1. The van der Waals surface area contributed by atoms with Crippen molar-refractivity contribution in [1.29, 1.82) is 5.26 Å². The summed E-state index contributed by atoms with van der Waals surface area (Å²) in [6, 6.07) is 13.9. The van der Waals surface area contributed by atoms with Gasteiger partial charge in [-0.2, -0.15) is 5.26 Å². The number of hydrogen-bond acceptors (Lipinski definition) is 6. The molecule has 0 radical (unpaired) electrons. The Balaban J connectivity index is 1.72. The van der Waals surface area contributed by atoms with E-state index in [0.717, 1.165) is 43.4 Å². The first-order valence-corrected chi connectivity index (χ1v) is 8.59. The van der Waals surface area contributed by atoms with Gasteiger partial charge in [-0.25, -0.2) is 4.98 Å².